The number of hydrogen-bond acceptors (Lipinski definition) is 2. The van der Waals surface area contributed by atoms with Gasteiger partial charge < -0.3 is 0 Å². The van der Waals surface area contributed by atoms with Gasteiger partial charge in [0.1, 0.15) is 0 Å². The Morgan fingerprint density at radius 1 is 1.18 bits per heavy atom. The molecule has 2 fully saturated rings. The van der Waals surface area contributed by atoms with Crippen LogP contribution < -0.4 is 0 Å². The van der Waals surface area contributed by atoms with Crippen molar-refractivity contribution >= 4 is 11.8 Å². The molecule has 2 amide bonds. The van der Waals surface area contributed by atoms with Gasteiger partial charge in [-0.05, 0) is 38.5 Å². The number of nitrogens with zero attached hydrogens (tertiary/aromatic N) is 1. The van der Waals surface area contributed by atoms with E-state index in [1.54, 1.807) is 4.90 Å². The smallest absolute Gasteiger partial charge is 0.234 e. The first-order valence-corrected chi connectivity index (χ1v) is 6.53. The summed E-state index contributed by atoms with van der Waals surface area (Å²) < 4.78 is 0. The second-order valence-electron chi connectivity index (χ2n) is 6.18. The summed E-state index contributed by atoms with van der Waals surface area (Å²) in [5.41, 5.74) is -0.335. The average molecular weight is 233 g/mol. The molecule has 4 atom stereocenters. The predicted molar refractivity (Wildman–Crippen MR) is 63.9 cm³/mol. The molecular formula is C14H19NO2. The Labute approximate surface area is 102 Å². The molecule has 0 spiro atoms. The summed E-state index contributed by atoms with van der Waals surface area (Å²) in [4.78, 5) is 26.5. The zero-order chi connectivity index (χ0) is 12.4. The quantitative estimate of drug-likeness (QED) is 0.540. The first-order valence-electron chi connectivity index (χ1n) is 6.53. The molecule has 1 saturated heterocycles. The van der Waals surface area contributed by atoms with E-state index in [2.05, 4.69) is 12.2 Å². The zero-order valence-electron chi connectivity index (χ0n) is 10.6. The van der Waals surface area contributed by atoms with Gasteiger partial charge >= 0.3 is 0 Å². The van der Waals surface area contributed by atoms with Gasteiger partial charge in [0, 0.05) is 5.54 Å². The molecular weight excluding hydrogens is 214 g/mol. The van der Waals surface area contributed by atoms with Crippen LogP contribution in [-0.2, 0) is 9.59 Å². The topological polar surface area (TPSA) is 37.4 Å². The maximum absolute atomic E-state index is 12.5. The Bertz CT molecular complexity index is 394. The highest BCUT2D eigenvalue weighted by atomic mass is 16.2. The maximum Gasteiger partial charge on any atom is 0.234 e. The summed E-state index contributed by atoms with van der Waals surface area (Å²) in [6.07, 6.45) is 6.10. The lowest BCUT2D eigenvalue weighted by atomic mass is 9.85. The van der Waals surface area contributed by atoms with Crippen LogP contribution in [0.25, 0.3) is 0 Å². The minimum absolute atomic E-state index is 0.0525. The molecule has 0 N–H and O–H groups in total. The van der Waals surface area contributed by atoms with E-state index in [1.165, 1.54) is 0 Å². The summed E-state index contributed by atoms with van der Waals surface area (Å²) in [6.45, 7) is 6.00. The van der Waals surface area contributed by atoms with Crippen LogP contribution in [0.2, 0.25) is 0 Å². The van der Waals surface area contributed by atoms with Crippen molar-refractivity contribution in [3.8, 4) is 0 Å². The van der Waals surface area contributed by atoms with Crippen LogP contribution in [0, 0.1) is 23.7 Å². The molecule has 92 valence electrons. The third kappa shape index (κ3) is 1.23. The van der Waals surface area contributed by atoms with E-state index in [1.807, 2.05) is 20.8 Å². The monoisotopic (exact) mass is 233 g/mol. The van der Waals surface area contributed by atoms with Crippen LogP contribution in [0.15, 0.2) is 12.2 Å². The Kier molecular flexibility index (Phi) is 2.08. The number of amides is 2. The van der Waals surface area contributed by atoms with Crippen molar-refractivity contribution in [2.45, 2.75) is 39.2 Å². The number of likely N-dealkylation sites (tertiary alicyclic amines) is 1. The summed E-state index contributed by atoms with van der Waals surface area (Å²) in [5.74, 6) is 0.678. The van der Waals surface area contributed by atoms with Crippen molar-refractivity contribution in [3.63, 3.8) is 0 Å². The van der Waals surface area contributed by atoms with Crippen molar-refractivity contribution in [1.82, 2.24) is 4.90 Å². The lowest BCUT2D eigenvalue weighted by molar-refractivity contribution is -0.147. The highest BCUT2D eigenvalue weighted by Crippen LogP contribution is 2.53. The van der Waals surface area contributed by atoms with Gasteiger partial charge in [-0.15, -0.1) is 0 Å². The molecule has 0 radical (unpaired) electrons. The Balaban J connectivity index is 1.98. The van der Waals surface area contributed by atoms with Gasteiger partial charge in [0.2, 0.25) is 11.8 Å². The molecule has 17 heavy (non-hydrogen) atoms. The number of carbonyl (C=O) groups excluding carboxylic acids is 2. The molecule has 0 aromatic carbocycles. The number of fused-ring (bicyclic) bond motifs is 5. The summed E-state index contributed by atoms with van der Waals surface area (Å²) in [5, 5.41) is 0. The fourth-order valence-electron chi connectivity index (χ4n) is 3.66. The van der Waals surface area contributed by atoms with Gasteiger partial charge in [0.25, 0.3) is 0 Å². The molecule has 1 heterocycles. The normalized spacial score (nSPS) is 39.4. The van der Waals surface area contributed by atoms with Gasteiger partial charge in [0.05, 0.1) is 11.8 Å². The minimum Gasteiger partial charge on any atom is -0.276 e. The van der Waals surface area contributed by atoms with Gasteiger partial charge in [-0.25, -0.2) is 0 Å². The number of hydrogen-bond donors (Lipinski definition) is 0. The Morgan fingerprint density at radius 3 is 2.06 bits per heavy atom. The van der Waals surface area contributed by atoms with Crippen LogP contribution in [0.4, 0.5) is 0 Å². The van der Waals surface area contributed by atoms with E-state index in [-0.39, 0.29) is 29.2 Å². The molecule has 1 aliphatic heterocycles. The molecule has 3 nitrogen and oxygen atoms in total. The number of carbonyl (C=O) groups is 2. The van der Waals surface area contributed by atoms with Crippen molar-refractivity contribution in [2.75, 3.05) is 0 Å². The molecule has 1 saturated carbocycles. The lowest BCUT2D eigenvalue weighted by Crippen LogP contribution is -2.48. The lowest BCUT2D eigenvalue weighted by Gasteiger charge is -2.34. The molecule has 2 bridgehead atoms. The molecule has 3 rings (SSSR count). The van der Waals surface area contributed by atoms with E-state index in [0.29, 0.717) is 11.8 Å². The highest BCUT2D eigenvalue weighted by molar-refractivity contribution is 6.07. The third-order valence-corrected chi connectivity index (χ3v) is 4.94. The van der Waals surface area contributed by atoms with Crippen molar-refractivity contribution in [3.05, 3.63) is 12.2 Å². The van der Waals surface area contributed by atoms with Gasteiger partial charge in [-0.2, -0.15) is 0 Å². The standard InChI is InChI=1S/C14H19NO2/c1-4-14(2,3)15-12(16)10-8-5-6-9(7-8)11(10)13(15)17/h5-6,8-11H,4,7H2,1-3H3/t8-,9-,10-,11+/m0/s1. The van der Waals surface area contributed by atoms with Crippen molar-refractivity contribution < 1.29 is 9.59 Å². The minimum atomic E-state index is -0.335. The average Bonchev–Trinajstić information content (AvgIpc) is 2.92. The van der Waals surface area contributed by atoms with Gasteiger partial charge in [0.15, 0.2) is 0 Å². The first kappa shape index (κ1) is 11.0. The number of imide groups is 1. The van der Waals surface area contributed by atoms with E-state index >= 15 is 0 Å². The first-order chi connectivity index (χ1) is 7.97. The number of rotatable bonds is 2. The Morgan fingerprint density at radius 2 is 1.65 bits per heavy atom. The maximum atomic E-state index is 12.5. The second kappa shape index (κ2) is 3.21. The molecule has 3 aliphatic rings. The van der Waals surface area contributed by atoms with Crippen molar-refractivity contribution in [1.29, 1.82) is 0 Å². The number of allylic oxidation sites excluding steroid dienone is 2. The van der Waals surface area contributed by atoms with Crippen LogP contribution in [-0.4, -0.2) is 22.3 Å². The van der Waals surface area contributed by atoms with E-state index in [9.17, 15) is 9.59 Å². The summed E-state index contributed by atoms with van der Waals surface area (Å²) in [6, 6.07) is 0. The second-order valence-corrected chi connectivity index (χ2v) is 6.18. The summed E-state index contributed by atoms with van der Waals surface area (Å²) >= 11 is 0. The molecule has 0 aromatic rings. The fourth-order valence-corrected chi connectivity index (χ4v) is 3.66. The largest absolute Gasteiger partial charge is 0.276 e. The molecule has 2 aliphatic carbocycles. The summed E-state index contributed by atoms with van der Waals surface area (Å²) in [7, 11) is 0. The molecule has 0 aromatic heterocycles. The van der Waals surface area contributed by atoms with Gasteiger partial charge in [-0.1, -0.05) is 19.1 Å². The van der Waals surface area contributed by atoms with Gasteiger partial charge in [-0.3, -0.25) is 14.5 Å². The fraction of sp³-hybridized carbons (Fsp3) is 0.714. The van der Waals surface area contributed by atoms with Crippen molar-refractivity contribution in [2.24, 2.45) is 23.7 Å². The van der Waals surface area contributed by atoms with E-state index in [4.69, 9.17) is 0 Å². The van der Waals surface area contributed by atoms with Crippen LogP contribution >= 0.6 is 0 Å². The zero-order valence-corrected chi connectivity index (χ0v) is 10.6. The molecule has 3 heteroatoms. The van der Waals surface area contributed by atoms with Crippen LogP contribution in [0.5, 0.6) is 0 Å². The Hall–Kier alpha value is -1.12. The predicted octanol–water partition coefficient (Wildman–Crippen LogP) is 1.98. The SMILES string of the molecule is CCC(C)(C)N1C(=O)[C@@H]2[C@H](C1=O)[C@H]1C=C[C@H]2C1. The van der Waals surface area contributed by atoms with Crippen LogP contribution in [0.3, 0.4) is 0 Å². The molecule has 0 unspecified atom stereocenters. The van der Waals surface area contributed by atoms with E-state index in [0.717, 1.165) is 12.8 Å². The van der Waals surface area contributed by atoms with Crippen LogP contribution in [0.1, 0.15) is 33.6 Å². The third-order valence-electron chi connectivity index (χ3n) is 4.94. The van der Waals surface area contributed by atoms with E-state index < -0.39 is 0 Å². The highest BCUT2D eigenvalue weighted by Gasteiger charge is 2.61.